The molecule has 1 saturated heterocycles. The number of piperidine rings is 1. The summed E-state index contributed by atoms with van der Waals surface area (Å²) in [5.74, 6) is 0.306. The van der Waals surface area contributed by atoms with E-state index in [-0.39, 0.29) is 18.4 Å². The Balaban J connectivity index is 1.30. The lowest BCUT2D eigenvalue weighted by Crippen LogP contribution is -2.40. The second kappa shape index (κ2) is 8.07. The zero-order valence-electron chi connectivity index (χ0n) is 16.7. The molecule has 1 aliphatic heterocycles. The molecule has 6 nitrogen and oxygen atoms in total. The van der Waals surface area contributed by atoms with E-state index < -0.39 is 5.97 Å². The number of fused-ring (bicyclic) bond motifs is 1. The molecule has 0 atom stereocenters. The molecule has 2 aromatic carbocycles. The predicted octanol–water partition coefficient (Wildman–Crippen LogP) is 4.01. The van der Waals surface area contributed by atoms with Gasteiger partial charge >= 0.3 is 5.97 Å². The van der Waals surface area contributed by atoms with Crippen LogP contribution in [0.3, 0.4) is 0 Å². The van der Waals surface area contributed by atoms with Crippen molar-refractivity contribution in [3.05, 3.63) is 65.0 Å². The van der Waals surface area contributed by atoms with E-state index in [0.717, 1.165) is 41.0 Å². The molecule has 0 unspecified atom stereocenters. The van der Waals surface area contributed by atoms with E-state index in [9.17, 15) is 9.59 Å². The van der Waals surface area contributed by atoms with Crippen molar-refractivity contribution in [3.8, 4) is 0 Å². The molecule has 0 saturated carbocycles. The number of esters is 1. The van der Waals surface area contributed by atoms with Gasteiger partial charge in [-0.15, -0.1) is 0 Å². The number of para-hydroxylation sites is 2. The van der Waals surface area contributed by atoms with E-state index in [0.29, 0.717) is 18.7 Å². The quantitative estimate of drug-likeness (QED) is 0.628. The first-order valence-corrected chi connectivity index (χ1v) is 9.89. The van der Waals surface area contributed by atoms with Crippen LogP contribution in [-0.2, 0) is 9.53 Å². The van der Waals surface area contributed by atoms with Crippen molar-refractivity contribution in [2.45, 2.75) is 32.6 Å². The minimum Gasteiger partial charge on any atom is -0.452 e. The lowest BCUT2D eigenvalue weighted by Gasteiger charge is -2.30. The fourth-order valence-electron chi connectivity index (χ4n) is 3.78. The van der Waals surface area contributed by atoms with Crippen LogP contribution in [-0.4, -0.2) is 41.5 Å². The number of ether oxygens (including phenoxy) is 1. The molecular formula is C23H24N2O4. The molecule has 0 aliphatic carbocycles. The summed E-state index contributed by atoms with van der Waals surface area (Å²) in [6, 6.07) is 13.2. The number of nitrogens with zero attached hydrogens (tertiary/aromatic N) is 2. The minimum absolute atomic E-state index is 0.167. The molecule has 1 fully saturated rings. The van der Waals surface area contributed by atoms with Crippen LogP contribution in [0.5, 0.6) is 0 Å². The van der Waals surface area contributed by atoms with Crippen LogP contribution < -0.4 is 0 Å². The minimum atomic E-state index is -0.461. The highest BCUT2D eigenvalue weighted by atomic mass is 16.5. The van der Waals surface area contributed by atoms with Crippen LogP contribution in [0.1, 0.15) is 46.1 Å². The normalized spacial score (nSPS) is 14.9. The van der Waals surface area contributed by atoms with Crippen molar-refractivity contribution in [3.63, 3.8) is 0 Å². The first kappa shape index (κ1) is 19.2. The summed E-state index contributed by atoms with van der Waals surface area (Å²) in [4.78, 5) is 31.1. The molecule has 1 aliphatic rings. The van der Waals surface area contributed by atoms with Gasteiger partial charge in [-0.2, -0.15) is 0 Å². The predicted molar refractivity (Wildman–Crippen MR) is 109 cm³/mol. The molecule has 4 rings (SSSR count). The Morgan fingerprint density at radius 2 is 1.90 bits per heavy atom. The smallest absolute Gasteiger partial charge is 0.338 e. The number of amides is 1. The molecule has 0 spiro atoms. The molecule has 6 heteroatoms. The topological polar surface area (TPSA) is 72.6 Å². The van der Waals surface area contributed by atoms with Gasteiger partial charge in [0.05, 0.1) is 5.56 Å². The Kier molecular flexibility index (Phi) is 5.34. The highest BCUT2D eigenvalue weighted by Crippen LogP contribution is 2.29. The van der Waals surface area contributed by atoms with Gasteiger partial charge in [-0.05, 0) is 50.5 Å². The van der Waals surface area contributed by atoms with Crippen LogP contribution in [0.4, 0.5) is 0 Å². The fraction of sp³-hybridized carbons (Fsp3) is 0.348. The molecule has 1 amide bonds. The standard InChI is InChI=1S/C23H24N2O4/c1-15-7-8-18(16(2)13-15)23(27)28-14-21(26)25-11-9-17(10-12-25)22-24-19-5-3-4-6-20(19)29-22/h3-8,13,17H,9-12,14H2,1-2H3. The molecule has 29 heavy (non-hydrogen) atoms. The molecule has 0 bridgehead atoms. The Bertz CT molecular complexity index is 1010. The zero-order chi connectivity index (χ0) is 20.4. The lowest BCUT2D eigenvalue weighted by atomic mass is 9.97. The van der Waals surface area contributed by atoms with Crippen molar-refractivity contribution in [1.29, 1.82) is 0 Å². The number of carbonyl (C=O) groups excluding carboxylic acids is 2. The highest BCUT2D eigenvalue weighted by molar-refractivity contribution is 5.92. The van der Waals surface area contributed by atoms with E-state index in [2.05, 4.69) is 4.98 Å². The maximum atomic E-state index is 12.5. The molecule has 150 valence electrons. The van der Waals surface area contributed by atoms with Crippen LogP contribution >= 0.6 is 0 Å². The summed E-state index contributed by atoms with van der Waals surface area (Å²) >= 11 is 0. The number of carbonyl (C=O) groups is 2. The number of likely N-dealkylation sites (tertiary alicyclic amines) is 1. The summed E-state index contributed by atoms with van der Waals surface area (Å²) in [7, 11) is 0. The number of hydrogen-bond donors (Lipinski definition) is 0. The average Bonchev–Trinajstić information content (AvgIpc) is 3.16. The second-order valence-electron chi connectivity index (χ2n) is 7.57. The van der Waals surface area contributed by atoms with Crippen molar-refractivity contribution < 1.29 is 18.7 Å². The molecule has 3 aromatic rings. The number of aromatic nitrogens is 1. The monoisotopic (exact) mass is 392 g/mol. The van der Waals surface area contributed by atoms with Crippen LogP contribution in [0.25, 0.3) is 11.1 Å². The number of oxazole rings is 1. The Morgan fingerprint density at radius 3 is 2.62 bits per heavy atom. The van der Waals surface area contributed by atoms with Crippen molar-refractivity contribution in [2.24, 2.45) is 0 Å². The molecular weight excluding hydrogens is 368 g/mol. The third-order valence-corrected chi connectivity index (χ3v) is 5.44. The van der Waals surface area contributed by atoms with Crippen LogP contribution in [0.2, 0.25) is 0 Å². The average molecular weight is 392 g/mol. The SMILES string of the molecule is Cc1ccc(C(=O)OCC(=O)N2CCC(c3nc4ccccc4o3)CC2)c(C)c1. The number of hydrogen-bond acceptors (Lipinski definition) is 5. The fourth-order valence-corrected chi connectivity index (χ4v) is 3.78. The van der Waals surface area contributed by atoms with Gasteiger partial charge in [-0.3, -0.25) is 4.79 Å². The van der Waals surface area contributed by atoms with Gasteiger partial charge < -0.3 is 14.1 Å². The van der Waals surface area contributed by atoms with Gasteiger partial charge in [0, 0.05) is 19.0 Å². The first-order valence-electron chi connectivity index (χ1n) is 9.89. The number of benzene rings is 2. The number of rotatable bonds is 4. The van der Waals surface area contributed by atoms with Crippen LogP contribution in [0, 0.1) is 13.8 Å². The molecule has 2 heterocycles. The Labute approximate surface area is 169 Å². The maximum absolute atomic E-state index is 12.5. The van der Waals surface area contributed by atoms with Gasteiger partial charge in [0.15, 0.2) is 18.1 Å². The first-order chi connectivity index (χ1) is 14.0. The Hall–Kier alpha value is -3.15. The van der Waals surface area contributed by atoms with Crippen molar-refractivity contribution in [1.82, 2.24) is 9.88 Å². The Morgan fingerprint density at radius 1 is 1.14 bits per heavy atom. The van der Waals surface area contributed by atoms with Gasteiger partial charge in [0.2, 0.25) is 0 Å². The van der Waals surface area contributed by atoms with E-state index in [1.165, 1.54) is 0 Å². The van der Waals surface area contributed by atoms with Gasteiger partial charge in [-0.25, -0.2) is 9.78 Å². The summed E-state index contributed by atoms with van der Waals surface area (Å²) in [5, 5.41) is 0. The zero-order valence-corrected chi connectivity index (χ0v) is 16.7. The van der Waals surface area contributed by atoms with Crippen molar-refractivity contribution >= 4 is 23.0 Å². The van der Waals surface area contributed by atoms with Gasteiger partial charge in [0.1, 0.15) is 5.52 Å². The molecule has 0 radical (unpaired) electrons. The molecule has 1 aromatic heterocycles. The van der Waals surface area contributed by atoms with E-state index in [4.69, 9.17) is 9.15 Å². The summed E-state index contributed by atoms with van der Waals surface area (Å²) in [6.07, 6.45) is 1.56. The van der Waals surface area contributed by atoms with Gasteiger partial charge in [0.25, 0.3) is 5.91 Å². The third kappa shape index (κ3) is 4.16. The third-order valence-electron chi connectivity index (χ3n) is 5.44. The maximum Gasteiger partial charge on any atom is 0.338 e. The second-order valence-corrected chi connectivity index (χ2v) is 7.57. The number of aryl methyl sites for hydroxylation is 2. The highest BCUT2D eigenvalue weighted by Gasteiger charge is 2.27. The lowest BCUT2D eigenvalue weighted by molar-refractivity contribution is -0.135. The molecule has 0 N–H and O–H groups in total. The van der Waals surface area contributed by atoms with Gasteiger partial charge in [-0.1, -0.05) is 29.8 Å². The van der Waals surface area contributed by atoms with Crippen LogP contribution in [0.15, 0.2) is 46.9 Å². The summed E-state index contributed by atoms with van der Waals surface area (Å²) in [6.45, 7) is 4.80. The van der Waals surface area contributed by atoms with E-state index in [1.54, 1.807) is 11.0 Å². The summed E-state index contributed by atoms with van der Waals surface area (Å²) < 4.78 is 11.1. The van der Waals surface area contributed by atoms with E-state index >= 15 is 0 Å². The van der Waals surface area contributed by atoms with Crippen molar-refractivity contribution in [2.75, 3.05) is 19.7 Å². The largest absolute Gasteiger partial charge is 0.452 e. The summed E-state index contributed by atoms with van der Waals surface area (Å²) in [5.41, 5.74) is 4.08. The van der Waals surface area contributed by atoms with E-state index in [1.807, 2.05) is 50.2 Å².